The van der Waals surface area contributed by atoms with E-state index >= 15 is 0 Å². The molecule has 0 amide bonds. The van der Waals surface area contributed by atoms with Crippen molar-refractivity contribution in [2.24, 2.45) is 4.99 Å². The van der Waals surface area contributed by atoms with Crippen molar-refractivity contribution in [1.82, 2.24) is 20.4 Å². The minimum Gasteiger partial charge on any atom is -0.376 e. The molecular formula is C20H36IN5O3. The van der Waals surface area contributed by atoms with Crippen molar-refractivity contribution >= 4 is 29.9 Å². The van der Waals surface area contributed by atoms with Crippen LogP contribution >= 0.6 is 24.0 Å². The van der Waals surface area contributed by atoms with Crippen molar-refractivity contribution in [3.05, 3.63) is 11.7 Å². The van der Waals surface area contributed by atoms with Gasteiger partial charge < -0.3 is 24.2 Å². The molecule has 2 aliphatic heterocycles. The zero-order chi connectivity index (χ0) is 19.8. The highest BCUT2D eigenvalue weighted by atomic mass is 127. The second-order valence-electron chi connectivity index (χ2n) is 7.93. The molecule has 1 aromatic rings. The molecule has 166 valence electrons. The van der Waals surface area contributed by atoms with Gasteiger partial charge in [0, 0.05) is 45.6 Å². The molecule has 2 aliphatic rings. The van der Waals surface area contributed by atoms with E-state index in [1.165, 1.54) is 12.8 Å². The lowest BCUT2D eigenvalue weighted by Gasteiger charge is -2.35. The van der Waals surface area contributed by atoms with E-state index in [0.717, 1.165) is 63.9 Å². The normalized spacial score (nSPS) is 21.3. The summed E-state index contributed by atoms with van der Waals surface area (Å²) in [6, 6.07) is 0. The Balaban J connectivity index is 0.00000300. The Labute approximate surface area is 191 Å². The van der Waals surface area contributed by atoms with E-state index in [-0.39, 0.29) is 29.9 Å². The summed E-state index contributed by atoms with van der Waals surface area (Å²) in [7, 11) is 1.83. The van der Waals surface area contributed by atoms with Gasteiger partial charge in [-0.1, -0.05) is 19.0 Å². The van der Waals surface area contributed by atoms with E-state index in [9.17, 15) is 0 Å². The number of piperidine rings is 1. The number of aromatic nitrogens is 2. The van der Waals surface area contributed by atoms with Gasteiger partial charge >= 0.3 is 0 Å². The minimum atomic E-state index is 0. The first-order valence-electron chi connectivity index (χ1n) is 10.7. The number of hydrogen-bond acceptors (Lipinski definition) is 6. The largest absolute Gasteiger partial charge is 0.376 e. The highest BCUT2D eigenvalue weighted by Crippen LogP contribution is 2.18. The van der Waals surface area contributed by atoms with Crippen LogP contribution in [0, 0.1) is 0 Å². The molecule has 2 saturated heterocycles. The summed E-state index contributed by atoms with van der Waals surface area (Å²) >= 11 is 0. The van der Waals surface area contributed by atoms with Gasteiger partial charge in [-0.3, -0.25) is 4.99 Å². The number of halogens is 1. The summed E-state index contributed by atoms with van der Waals surface area (Å²) in [6.07, 6.45) is 6.94. The monoisotopic (exact) mass is 521 g/mol. The van der Waals surface area contributed by atoms with Crippen molar-refractivity contribution in [3.8, 4) is 0 Å². The van der Waals surface area contributed by atoms with Crippen LogP contribution in [0.3, 0.4) is 0 Å². The molecule has 1 atom stereocenters. The topological polar surface area (TPSA) is 85.0 Å². The quantitative estimate of drug-likeness (QED) is 0.336. The van der Waals surface area contributed by atoms with E-state index in [1.807, 2.05) is 7.05 Å². The molecule has 2 fully saturated rings. The third-order valence-corrected chi connectivity index (χ3v) is 5.37. The molecule has 0 aromatic carbocycles. The molecule has 9 heteroatoms. The van der Waals surface area contributed by atoms with Gasteiger partial charge in [-0.05, 0) is 32.1 Å². The average molecular weight is 521 g/mol. The number of ether oxygens (including phenoxy) is 2. The van der Waals surface area contributed by atoms with Gasteiger partial charge in [-0.15, -0.1) is 24.0 Å². The average Bonchev–Trinajstić information content (AvgIpc) is 3.20. The van der Waals surface area contributed by atoms with Crippen molar-refractivity contribution in [2.75, 3.05) is 39.9 Å². The van der Waals surface area contributed by atoms with Crippen LogP contribution in [0.15, 0.2) is 9.52 Å². The number of nitrogens with one attached hydrogen (secondary N) is 1. The molecule has 0 saturated carbocycles. The predicted octanol–water partition coefficient (Wildman–Crippen LogP) is 2.98. The summed E-state index contributed by atoms with van der Waals surface area (Å²) in [5, 5.41) is 7.42. The highest BCUT2D eigenvalue weighted by Gasteiger charge is 2.23. The molecule has 0 radical (unpaired) electrons. The number of likely N-dealkylation sites (tertiary alicyclic amines) is 1. The molecule has 1 unspecified atom stereocenters. The fourth-order valence-electron chi connectivity index (χ4n) is 3.63. The van der Waals surface area contributed by atoms with E-state index in [2.05, 4.69) is 39.2 Å². The van der Waals surface area contributed by atoms with E-state index in [4.69, 9.17) is 14.0 Å². The summed E-state index contributed by atoms with van der Waals surface area (Å²) < 4.78 is 17.2. The van der Waals surface area contributed by atoms with Crippen molar-refractivity contribution in [3.63, 3.8) is 0 Å². The number of aliphatic imine (C=N–C) groups is 1. The zero-order valence-corrected chi connectivity index (χ0v) is 20.3. The lowest BCUT2D eigenvalue weighted by molar-refractivity contribution is -0.0721. The Kier molecular flexibility index (Phi) is 10.6. The zero-order valence-electron chi connectivity index (χ0n) is 17.9. The molecule has 0 bridgehead atoms. The Bertz CT molecular complexity index is 611. The molecule has 1 aromatic heterocycles. The maximum atomic E-state index is 6.11. The fraction of sp³-hybridized carbons (Fsp3) is 0.850. The maximum absolute atomic E-state index is 6.11. The van der Waals surface area contributed by atoms with Crippen LogP contribution < -0.4 is 5.32 Å². The Morgan fingerprint density at radius 3 is 2.69 bits per heavy atom. The molecule has 1 N–H and O–H groups in total. The smallest absolute Gasteiger partial charge is 0.228 e. The van der Waals surface area contributed by atoms with Crippen LogP contribution in [0.1, 0.15) is 63.6 Å². The summed E-state index contributed by atoms with van der Waals surface area (Å²) in [4.78, 5) is 11.1. The maximum Gasteiger partial charge on any atom is 0.228 e. The Morgan fingerprint density at radius 2 is 2.07 bits per heavy atom. The Hall–Kier alpha value is -0.940. The number of nitrogens with zero attached hydrogens (tertiary/aromatic N) is 4. The standard InChI is InChI=1S/C20H35N5O3.HI/c1-15(2)19-23-18(28-24-19)7-10-22-20(21-3)25-11-8-16(9-12-25)27-14-17-6-4-5-13-26-17;/h15-17H,4-14H2,1-3H3,(H,21,22);1H. The van der Waals surface area contributed by atoms with Gasteiger partial charge in [0.15, 0.2) is 11.8 Å². The first-order valence-corrected chi connectivity index (χ1v) is 10.7. The summed E-state index contributed by atoms with van der Waals surface area (Å²) in [6.45, 7) is 8.37. The van der Waals surface area contributed by atoms with Crippen LogP contribution in [0.4, 0.5) is 0 Å². The van der Waals surface area contributed by atoms with Crippen LogP contribution in [-0.2, 0) is 15.9 Å². The number of hydrogen-bond donors (Lipinski definition) is 1. The summed E-state index contributed by atoms with van der Waals surface area (Å²) in [5.41, 5.74) is 0. The van der Waals surface area contributed by atoms with Crippen molar-refractivity contribution < 1.29 is 14.0 Å². The molecule has 3 heterocycles. The van der Waals surface area contributed by atoms with Gasteiger partial charge in [0.05, 0.1) is 18.8 Å². The van der Waals surface area contributed by atoms with Gasteiger partial charge in [-0.2, -0.15) is 4.98 Å². The SMILES string of the molecule is CN=C(NCCc1nc(C(C)C)no1)N1CCC(OCC2CCCCO2)CC1.I. The molecule has 8 nitrogen and oxygen atoms in total. The van der Waals surface area contributed by atoms with Crippen LogP contribution in [0.5, 0.6) is 0 Å². The van der Waals surface area contributed by atoms with E-state index in [1.54, 1.807) is 0 Å². The lowest BCUT2D eigenvalue weighted by atomic mass is 10.1. The number of rotatable bonds is 7. The molecule has 0 aliphatic carbocycles. The van der Waals surface area contributed by atoms with Crippen molar-refractivity contribution in [1.29, 1.82) is 0 Å². The van der Waals surface area contributed by atoms with Gasteiger partial charge in [0.25, 0.3) is 0 Å². The molecular weight excluding hydrogens is 485 g/mol. The fourth-order valence-corrected chi connectivity index (χ4v) is 3.63. The van der Waals surface area contributed by atoms with Gasteiger partial charge in [0.2, 0.25) is 5.89 Å². The second kappa shape index (κ2) is 12.7. The predicted molar refractivity (Wildman–Crippen MR) is 123 cm³/mol. The molecule has 3 rings (SSSR count). The van der Waals surface area contributed by atoms with Gasteiger partial charge in [-0.25, -0.2) is 0 Å². The van der Waals surface area contributed by atoms with E-state index < -0.39 is 0 Å². The lowest BCUT2D eigenvalue weighted by Crippen LogP contribution is -2.47. The van der Waals surface area contributed by atoms with Crippen LogP contribution in [0.25, 0.3) is 0 Å². The van der Waals surface area contributed by atoms with Gasteiger partial charge in [0.1, 0.15) is 0 Å². The first-order chi connectivity index (χ1) is 13.7. The third-order valence-electron chi connectivity index (χ3n) is 5.37. The van der Waals surface area contributed by atoms with Crippen LogP contribution in [-0.4, -0.2) is 73.1 Å². The summed E-state index contributed by atoms with van der Waals surface area (Å²) in [5.74, 6) is 2.65. The molecule has 29 heavy (non-hydrogen) atoms. The van der Waals surface area contributed by atoms with E-state index in [0.29, 0.717) is 24.5 Å². The minimum absolute atomic E-state index is 0. The highest BCUT2D eigenvalue weighted by molar-refractivity contribution is 14.0. The third kappa shape index (κ3) is 7.67. The van der Waals surface area contributed by atoms with Crippen LogP contribution in [0.2, 0.25) is 0 Å². The number of guanidine groups is 1. The van der Waals surface area contributed by atoms with Crippen molar-refractivity contribution in [2.45, 2.75) is 70.5 Å². The Morgan fingerprint density at radius 1 is 1.28 bits per heavy atom. The second-order valence-corrected chi connectivity index (χ2v) is 7.93. The molecule has 0 spiro atoms. The first kappa shape index (κ1) is 24.3.